The number of nitrogen functional groups attached to an aromatic ring is 1. The van der Waals surface area contributed by atoms with Gasteiger partial charge in [0.2, 0.25) is 5.91 Å². The second-order valence-corrected chi connectivity index (χ2v) is 5.20. The smallest absolute Gasteiger partial charge is 0.246 e. The molecule has 1 saturated heterocycles. The van der Waals surface area contributed by atoms with Crippen molar-refractivity contribution in [1.29, 1.82) is 0 Å². The summed E-state index contributed by atoms with van der Waals surface area (Å²) in [6, 6.07) is 7.50. The second-order valence-electron chi connectivity index (χ2n) is 5.20. The molecule has 0 spiro atoms. The van der Waals surface area contributed by atoms with Gasteiger partial charge in [0.1, 0.15) is 0 Å². The van der Waals surface area contributed by atoms with Crippen LogP contribution in [0.25, 0.3) is 6.08 Å². The van der Waals surface area contributed by atoms with Crippen molar-refractivity contribution in [2.45, 2.75) is 13.8 Å². The zero-order chi connectivity index (χ0) is 13.1. The van der Waals surface area contributed by atoms with E-state index < -0.39 is 0 Å². The molecule has 1 aromatic carbocycles. The lowest BCUT2D eigenvalue weighted by Gasteiger charge is -2.12. The van der Waals surface area contributed by atoms with E-state index in [-0.39, 0.29) is 5.91 Å². The number of carbonyl (C=O) groups excluding carboxylic acids is 1. The van der Waals surface area contributed by atoms with Crippen LogP contribution >= 0.6 is 0 Å². The highest BCUT2D eigenvalue weighted by Crippen LogP contribution is 2.22. The number of hydrogen-bond donors (Lipinski definition) is 1. The number of carbonyl (C=O) groups is 1. The molecular formula is C15H20N2O. The molecular weight excluding hydrogens is 224 g/mol. The summed E-state index contributed by atoms with van der Waals surface area (Å²) in [5.74, 6) is 1.29. The molecule has 2 rings (SSSR count). The maximum absolute atomic E-state index is 12.0. The molecule has 1 aromatic rings. The Morgan fingerprint density at radius 1 is 1.22 bits per heavy atom. The van der Waals surface area contributed by atoms with Crippen LogP contribution in [0.15, 0.2) is 30.3 Å². The molecule has 0 radical (unpaired) electrons. The summed E-state index contributed by atoms with van der Waals surface area (Å²) in [5, 5.41) is 0. The van der Waals surface area contributed by atoms with Gasteiger partial charge in [-0.2, -0.15) is 0 Å². The van der Waals surface area contributed by atoms with Crippen molar-refractivity contribution in [3.8, 4) is 0 Å². The first kappa shape index (κ1) is 12.7. The van der Waals surface area contributed by atoms with Crippen molar-refractivity contribution in [3.63, 3.8) is 0 Å². The zero-order valence-electron chi connectivity index (χ0n) is 11.0. The maximum atomic E-state index is 12.0. The SMILES string of the molecule is CC1CN(C(=O)/C=C/c2ccc(N)cc2)CC1C. The fraction of sp³-hybridized carbons (Fsp3) is 0.400. The fourth-order valence-corrected chi connectivity index (χ4v) is 2.19. The monoisotopic (exact) mass is 244 g/mol. The molecule has 0 aromatic heterocycles. The summed E-state index contributed by atoms with van der Waals surface area (Å²) in [7, 11) is 0. The van der Waals surface area contributed by atoms with E-state index in [2.05, 4.69) is 13.8 Å². The topological polar surface area (TPSA) is 46.3 Å². The van der Waals surface area contributed by atoms with E-state index in [1.54, 1.807) is 6.08 Å². The van der Waals surface area contributed by atoms with Crippen LogP contribution < -0.4 is 5.73 Å². The number of rotatable bonds is 2. The number of amides is 1. The van der Waals surface area contributed by atoms with Crippen LogP contribution in [0.2, 0.25) is 0 Å². The first-order chi connectivity index (χ1) is 8.56. The van der Waals surface area contributed by atoms with Crippen molar-refractivity contribution in [1.82, 2.24) is 4.90 Å². The van der Waals surface area contributed by atoms with E-state index >= 15 is 0 Å². The van der Waals surface area contributed by atoms with Gasteiger partial charge in [-0.15, -0.1) is 0 Å². The highest BCUT2D eigenvalue weighted by molar-refractivity contribution is 5.92. The summed E-state index contributed by atoms with van der Waals surface area (Å²) in [4.78, 5) is 13.9. The number of hydrogen-bond acceptors (Lipinski definition) is 2. The lowest BCUT2D eigenvalue weighted by molar-refractivity contribution is -0.125. The average Bonchev–Trinajstić information content (AvgIpc) is 2.69. The van der Waals surface area contributed by atoms with Gasteiger partial charge in [-0.3, -0.25) is 4.79 Å². The Morgan fingerprint density at radius 2 is 1.78 bits per heavy atom. The minimum absolute atomic E-state index is 0.100. The number of likely N-dealkylation sites (tertiary alicyclic amines) is 1. The van der Waals surface area contributed by atoms with Gasteiger partial charge >= 0.3 is 0 Å². The summed E-state index contributed by atoms with van der Waals surface area (Å²) >= 11 is 0. The van der Waals surface area contributed by atoms with Gasteiger partial charge in [0.15, 0.2) is 0 Å². The highest BCUT2D eigenvalue weighted by Gasteiger charge is 2.27. The molecule has 0 aliphatic carbocycles. The number of nitrogens with zero attached hydrogens (tertiary/aromatic N) is 1. The van der Waals surface area contributed by atoms with Gasteiger partial charge < -0.3 is 10.6 Å². The van der Waals surface area contributed by atoms with Crippen molar-refractivity contribution < 1.29 is 4.79 Å². The molecule has 3 nitrogen and oxygen atoms in total. The molecule has 96 valence electrons. The van der Waals surface area contributed by atoms with Crippen LogP contribution in [0.5, 0.6) is 0 Å². The molecule has 0 saturated carbocycles. The highest BCUT2D eigenvalue weighted by atomic mass is 16.2. The average molecular weight is 244 g/mol. The predicted molar refractivity (Wildman–Crippen MR) is 74.8 cm³/mol. The summed E-state index contributed by atoms with van der Waals surface area (Å²) in [5.41, 5.74) is 7.35. The number of nitrogens with two attached hydrogens (primary N) is 1. The summed E-state index contributed by atoms with van der Waals surface area (Å²) in [6.45, 7) is 6.13. The minimum Gasteiger partial charge on any atom is -0.399 e. The summed E-state index contributed by atoms with van der Waals surface area (Å²) < 4.78 is 0. The molecule has 1 fully saturated rings. The Hall–Kier alpha value is -1.77. The molecule has 2 N–H and O–H groups in total. The third-order valence-corrected chi connectivity index (χ3v) is 3.65. The van der Waals surface area contributed by atoms with Crippen LogP contribution in [0.4, 0.5) is 5.69 Å². The molecule has 3 heteroatoms. The first-order valence-electron chi connectivity index (χ1n) is 6.39. The number of anilines is 1. The normalized spacial score (nSPS) is 23.8. The summed E-state index contributed by atoms with van der Waals surface area (Å²) in [6.07, 6.45) is 3.49. The molecule has 0 bridgehead atoms. The standard InChI is InChI=1S/C15H20N2O/c1-11-9-17(10-12(11)2)15(18)8-5-13-3-6-14(16)7-4-13/h3-8,11-12H,9-10,16H2,1-2H3/b8-5+. The third-order valence-electron chi connectivity index (χ3n) is 3.65. The molecule has 2 unspecified atom stereocenters. The molecule has 2 atom stereocenters. The predicted octanol–water partition coefficient (Wildman–Crippen LogP) is 2.40. The lowest BCUT2D eigenvalue weighted by atomic mass is 10.0. The Bertz CT molecular complexity index is 440. The Morgan fingerprint density at radius 3 is 2.33 bits per heavy atom. The molecule has 1 aliphatic rings. The third kappa shape index (κ3) is 2.92. The van der Waals surface area contributed by atoms with Crippen LogP contribution in [0.1, 0.15) is 19.4 Å². The van der Waals surface area contributed by atoms with E-state index in [1.165, 1.54) is 0 Å². The largest absolute Gasteiger partial charge is 0.399 e. The fourth-order valence-electron chi connectivity index (χ4n) is 2.19. The van der Waals surface area contributed by atoms with Gasteiger partial charge in [-0.1, -0.05) is 26.0 Å². The Kier molecular flexibility index (Phi) is 3.70. The maximum Gasteiger partial charge on any atom is 0.246 e. The van der Waals surface area contributed by atoms with Gasteiger partial charge in [0.05, 0.1) is 0 Å². The van der Waals surface area contributed by atoms with Gasteiger partial charge in [-0.25, -0.2) is 0 Å². The molecule has 1 aliphatic heterocycles. The van der Waals surface area contributed by atoms with Gasteiger partial charge in [0.25, 0.3) is 0 Å². The van der Waals surface area contributed by atoms with Crippen LogP contribution in [-0.4, -0.2) is 23.9 Å². The van der Waals surface area contributed by atoms with Crippen molar-refractivity contribution >= 4 is 17.7 Å². The van der Waals surface area contributed by atoms with Crippen LogP contribution in [0, 0.1) is 11.8 Å². The quantitative estimate of drug-likeness (QED) is 0.641. The van der Waals surface area contributed by atoms with E-state index in [4.69, 9.17) is 5.73 Å². The minimum atomic E-state index is 0.100. The van der Waals surface area contributed by atoms with E-state index in [0.717, 1.165) is 24.3 Å². The molecule has 1 amide bonds. The van der Waals surface area contributed by atoms with Crippen molar-refractivity contribution in [2.24, 2.45) is 11.8 Å². The first-order valence-corrected chi connectivity index (χ1v) is 6.39. The Balaban J connectivity index is 1.97. The second kappa shape index (κ2) is 5.25. The van der Waals surface area contributed by atoms with E-state index in [0.29, 0.717) is 11.8 Å². The molecule has 1 heterocycles. The van der Waals surface area contributed by atoms with Crippen LogP contribution in [0.3, 0.4) is 0 Å². The van der Waals surface area contributed by atoms with E-state index in [1.807, 2.05) is 35.2 Å². The van der Waals surface area contributed by atoms with Gasteiger partial charge in [-0.05, 0) is 35.6 Å². The Labute approximate surface area is 108 Å². The van der Waals surface area contributed by atoms with Crippen molar-refractivity contribution in [2.75, 3.05) is 18.8 Å². The zero-order valence-corrected chi connectivity index (χ0v) is 11.0. The molecule has 18 heavy (non-hydrogen) atoms. The number of benzene rings is 1. The van der Waals surface area contributed by atoms with Crippen LogP contribution in [-0.2, 0) is 4.79 Å². The van der Waals surface area contributed by atoms with Gasteiger partial charge in [0, 0.05) is 24.9 Å². The lowest BCUT2D eigenvalue weighted by Crippen LogP contribution is -2.26. The van der Waals surface area contributed by atoms with Crippen molar-refractivity contribution in [3.05, 3.63) is 35.9 Å². The van der Waals surface area contributed by atoms with E-state index in [9.17, 15) is 4.79 Å².